The summed E-state index contributed by atoms with van der Waals surface area (Å²) in [5.41, 5.74) is 0. The first-order chi connectivity index (χ1) is 12.1. The van der Waals surface area contributed by atoms with Gasteiger partial charge in [0.2, 0.25) is 0 Å². The summed E-state index contributed by atoms with van der Waals surface area (Å²) in [6.45, 7) is 6.41. The normalized spacial score (nSPS) is 17.4. The fourth-order valence-corrected chi connectivity index (χ4v) is 3.35. The molecular formula is C17H20N6O2. The van der Waals surface area contributed by atoms with Crippen molar-refractivity contribution >= 4 is 5.91 Å². The molecule has 1 aliphatic heterocycles. The minimum atomic E-state index is -0.113. The molecule has 4 heterocycles. The molecular weight excluding hydrogens is 320 g/mol. The zero-order valence-corrected chi connectivity index (χ0v) is 14.3. The third-order valence-corrected chi connectivity index (χ3v) is 4.48. The van der Waals surface area contributed by atoms with Crippen LogP contribution in [-0.2, 0) is 19.6 Å². The van der Waals surface area contributed by atoms with Crippen molar-refractivity contribution in [2.45, 2.75) is 33.5 Å². The largest absolute Gasteiger partial charge is 0.459 e. The summed E-state index contributed by atoms with van der Waals surface area (Å²) in [7, 11) is 0. The van der Waals surface area contributed by atoms with Gasteiger partial charge in [0.25, 0.3) is 5.91 Å². The Labute approximate surface area is 145 Å². The second kappa shape index (κ2) is 6.19. The van der Waals surface area contributed by atoms with Gasteiger partial charge in [-0.05, 0) is 26.0 Å². The van der Waals surface area contributed by atoms with Gasteiger partial charge in [0.1, 0.15) is 17.5 Å². The monoisotopic (exact) mass is 340 g/mol. The maximum atomic E-state index is 12.8. The van der Waals surface area contributed by atoms with Crippen LogP contribution in [0.15, 0.2) is 35.2 Å². The molecule has 3 aromatic heterocycles. The highest BCUT2D eigenvalue weighted by atomic mass is 16.3. The average Bonchev–Trinajstić information content (AvgIpc) is 3.28. The fourth-order valence-electron chi connectivity index (χ4n) is 3.35. The second-order valence-corrected chi connectivity index (χ2v) is 6.41. The molecule has 0 fully saturated rings. The van der Waals surface area contributed by atoms with Crippen LogP contribution in [0.1, 0.15) is 28.0 Å². The number of furan rings is 1. The smallest absolute Gasteiger partial charge is 0.289 e. The number of hydrogen-bond acceptors (Lipinski definition) is 5. The molecule has 0 saturated carbocycles. The van der Waals surface area contributed by atoms with Gasteiger partial charge in [0.05, 0.1) is 12.8 Å². The van der Waals surface area contributed by atoms with E-state index in [1.807, 2.05) is 24.7 Å². The van der Waals surface area contributed by atoms with E-state index in [4.69, 9.17) is 4.42 Å². The van der Waals surface area contributed by atoms with Crippen LogP contribution in [0.3, 0.4) is 0 Å². The number of carbonyl (C=O) groups is 1. The molecule has 1 amide bonds. The van der Waals surface area contributed by atoms with Crippen molar-refractivity contribution in [1.29, 1.82) is 0 Å². The summed E-state index contributed by atoms with van der Waals surface area (Å²) in [6.07, 6.45) is 5.26. The van der Waals surface area contributed by atoms with Crippen molar-refractivity contribution in [3.63, 3.8) is 0 Å². The van der Waals surface area contributed by atoms with Crippen LogP contribution in [0.25, 0.3) is 0 Å². The molecule has 0 aromatic carbocycles. The van der Waals surface area contributed by atoms with Gasteiger partial charge >= 0.3 is 0 Å². The molecule has 0 saturated heterocycles. The molecule has 1 unspecified atom stereocenters. The van der Waals surface area contributed by atoms with Crippen LogP contribution >= 0.6 is 0 Å². The summed E-state index contributed by atoms with van der Waals surface area (Å²) in [6, 6.07) is 3.42. The lowest BCUT2D eigenvalue weighted by atomic mass is 10.1. The van der Waals surface area contributed by atoms with E-state index in [0.717, 1.165) is 24.0 Å². The van der Waals surface area contributed by atoms with Gasteiger partial charge in [0, 0.05) is 37.9 Å². The third kappa shape index (κ3) is 3.07. The minimum absolute atomic E-state index is 0.113. The Balaban J connectivity index is 1.61. The zero-order chi connectivity index (χ0) is 17.4. The van der Waals surface area contributed by atoms with Crippen molar-refractivity contribution in [1.82, 2.24) is 29.2 Å². The zero-order valence-electron chi connectivity index (χ0n) is 14.3. The van der Waals surface area contributed by atoms with E-state index in [-0.39, 0.29) is 11.8 Å². The Morgan fingerprint density at radius 3 is 2.96 bits per heavy atom. The highest BCUT2D eigenvalue weighted by Gasteiger charge is 2.28. The molecule has 130 valence electrons. The van der Waals surface area contributed by atoms with Crippen LogP contribution in [0.4, 0.5) is 0 Å². The van der Waals surface area contributed by atoms with E-state index in [0.29, 0.717) is 25.4 Å². The number of hydrogen-bond donors (Lipinski definition) is 0. The summed E-state index contributed by atoms with van der Waals surface area (Å²) in [5.74, 6) is 2.97. The van der Waals surface area contributed by atoms with Crippen molar-refractivity contribution in [2.75, 3.05) is 6.54 Å². The molecule has 4 rings (SSSR count). The molecule has 0 aliphatic carbocycles. The molecule has 0 N–H and O–H groups in total. The van der Waals surface area contributed by atoms with Gasteiger partial charge in [-0.1, -0.05) is 0 Å². The van der Waals surface area contributed by atoms with Gasteiger partial charge in [-0.15, -0.1) is 0 Å². The van der Waals surface area contributed by atoms with Crippen molar-refractivity contribution in [2.24, 2.45) is 5.92 Å². The lowest BCUT2D eigenvalue weighted by Crippen LogP contribution is -2.35. The number of aryl methyl sites for hydroxylation is 2. The van der Waals surface area contributed by atoms with Crippen molar-refractivity contribution in [3.8, 4) is 0 Å². The van der Waals surface area contributed by atoms with Crippen LogP contribution in [0.2, 0.25) is 0 Å². The van der Waals surface area contributed by atoms with Gasteiger partial charge in [0.15, 0.2) is 5.76 Å². The number of aromatic nitrogens is 5. The number of fused-ring (bicyclic) bond motifs is 1. The first-order valence-electron chi connectivity index (χ1n) is 8.31. The van der Waals surface area contributed by atoms with Gasteiger partial charge in [-0.2, -0.15) is 5.10 Å². The first kappa shape index (κ1) is 15.6. The molecule has 8 heteroatoms. The number of amides is 1. The average molecular weight is 340 g/mol. The highest BCUT2D eigenvalue weighted by molar-refractivity contribution is 5.91. The predicted octanol–water partition coefficient (Wildman–Crippen LogP) is 1.66. The Bertz CT molecular complexity index is 879. The molecule has 8 nitrogen and oxygen atoms in total. The molecule has 25 heavy (non-hydrogen) atoms. The molecule has 0 bridgehead atoms. The summed E-state index contributed by atoms with van der Waals surface area (Å²) in [4.78, 5) is 23.3. The van der Waals surface area contributed by atoms with Crippen LogP contribution < -0.4 is 0 Å². The van der Waals surface area contributed by atoms with Gasteiger partial charge in [-0.25, -0.2) is 14.6 Å². The highest BCUT2D eigenvalue weighted by Crippen LogP contribution is 2.19. The van der Waals surface area contributed by atoms with Crippen LogP contribution in [0, 0.1) is 19.8 Å². The Hall–Kier alpha value is -2.90. The van der Waals surface area contributed by atoms with E-state index in [1.54, 1.807) is 23.2 Å². The molecule has 0 spiro atoms. The summed E-state index contributed by atoms with van der Waals surface area (Å²) < 4.78 is 9.31. The lowest BCUT2D eigenvalue weighted by Gasteiger charge is -2.23. The standard InChI is InChI=1S/C17H20N6O2/c1-12-19-13(2)23(20-12)10-14-8-21-6-5-18-16(21)11-22(9-14)17(24)15-4-3-7-25-15/h3-7,14H,8-11H2,1-2H3. The van der Waals surface area contributed by atoms with Crippen molar-refractivity contribution in [3.05, 3.63) is 54.0 Å². The minimum Gasteiger partial charge on any atom is -0.459 e. The third-order valence-electron chi connectivity index (χ3n) is 4.48. The lowest BCUT2D eigenvalue weighted by molar-refractivity contribution is 0.0680. The summed E-state index contributed by atoms with van der Waals surface area (Å²) in [5, 5.41) is 4.46. The Morgan fingerprint density at radius 2 is 2.24 bits per heavy atom. The maximum absolute atomic E-state index is 12.8. The van der Waals surface area contributed by atoms with E-state index < -0.39 is 0 Å². The number of nitrogens with zero attached hydrogens (tertiary/aromatic N) is 6. The molecule has 3 aromatic rings. The number of imidazole rings is 1. The van der Waals surface area contributed by atoms with E-state index in [2.05, 4.69) is 19.6 Å². The number of carbonyl (C=O) groups excluding carboxylic acids is 1. The quantitative estimate of drug-likeness (QED) is 0.724. The van der Waals surface area contributed by atoms with E-state index in [9.17, 15) is 4.79 Å². The van der Waals surface area contributed by atoms with E-state index >= 15 is 0 Å². The van der Waals surface area contributed by atoms with Crippen LogP contribution in [-0.4, -0.2) is 41.7 Å². The summed E-state index contributed by atoms with van der Waals surface area (Å²) >= 11 is 0. The SMILES string of the molecule is Cc1nc(C)n(CC2CN(C(=O)c3ccco3)Cc3nccn3C2)n1. The van der Waals surface area contributed by atoms with Crippen molar-refractivity contribution < 1.29 is 9.21 Å². The van der Waals surface area contributed by atoms with Crippen LogP contribution in [0.5, 0.6) is 0 Å². The topological polar surface area (TPSA) is 82.0 Å². The predicted molar refractivity (Wildman–Crippen MR) is 88.7 cm³/mol. The molecule has 1 aliphatic rings. The Kier molecular flexibility index (Phi) is 3.87. The number of rotatable bonds is 3. The van der Waals surface area contributed by atoms with Gasteiger partial charge < -0.3 is 13.9 Å². The second-order valence-electron chi connectivity index (χ2n) is 6.41. The Morgan fingerprint density at radius 1 is 1.36 bits per heavy atom. The van der Waals surface area contributed by atoms with Gasteiger partial charge in [-0.3, -0.25) is 4.79 Å². The maximum Gasteiger partial charge on any atom is 0.289 e. The molecule has 1 atom stereocenters. The van der Waals surface area contributed by atoms with E-state index in [1.165, 1.54) is 6.26 Å². The fraction of sp³-hybridized carbons (Fsp3) is 0.412. The molecule has 0 radical (unpaired) electrons. The first-order valence-corrected chi connectivity index (χ1v) is 8.31.